The average Bonchev–Trinajstić information content (AvgIpc) is 3.41. The van der Waals surface area contributed by atoms with E-state index in [0.29, 0.717) is 23.5 Å². The second-order valence-corrected chi connectivity index (χ2v) is 9.69. The summed E-state index contributed by atoms with van der Waals surface area (Å²) in [5, 5.41) is 24.7. The van der Waals surface area contributed by atoms with Gasteiger partial charge in [-0.25, -0.2) is 0 Å². The lowest BCUT2D eigenvalue weighted by atomic mass is 9.93. The summed E-state index contributed by atoms with van der Waals surface area (Å²) in [6.07, 6.45) is 3.50. The first kappa shape index (κ1) is 25.3. The lowest BCUT2D eigenvalue weighted by Crippen LogP contribution is -2.36. The van der Waals surface area contributed by atoms with Crippen LogP contribution in [-0.2, 0) is 17.8 Å². The molecule has 1 aliphatic heterocycles. The quantitative estimate of drug-likeness (QED) is 0.395. The number of aromatic nitrogens is 2. The number of hydrogen-bond acceptors (Lipinski definition) is 5. The van der Waals surface area contributed by atoms with E-state index in [1.807, 2.05) is 41.3 Å². The summed E-state index contributed by atoms with van der Waals surface area (Å²) in [5.41, 5.74) is 3.70. The molecule has 0 spiro atoms. The van der Waals surface area contributed by atoms with Crippen LogP contribution in [0.2, 0.25) is 0 Å². The highest BCUT2D eigenvalue weighted by Gasteiger charge is 2.36. The fourth-order valence-electron chi connectivity index (χ4n) is 4.56. The second kappa shape index (κ2) is 10.9. The van der Waals surface area contributed by atoms with Crippen LogP contribution in [0.4, 0.5) is 0 Å². The van der Waals surface area contributed by atoms with Gasteiger partial charge in [-0.2, -0.15) is 5.10 Å². The molecule has 2 heterocycles. The molecule has 8 heteroatoms. The van der Waals surface area contributed by atoms with E-state index in [-0.39, 0.29) is 19.4 Å². The molecular formula is C28H31N3O5. The van der Waals surface area contributed by atoms with Crippen LogP contribution in [0.3, 0.4) is 0 Å². The van der Waals surface area contributed by atoms with Crippen molar-refractivity contribution in [2.24, 2.45) is 11.8 Å². The van der Waals surface area contributed by atoms with E-state index in [1.54, 1.807) is 24.3 Å². The third-order valence-electron chi connectivity index (χ3n) is 6.53. The summed E-state index contributed by atoms with van der Waals surface area (Å²) in [6, 6.07) is 14.5. The maximum Gasteiger partial charge on any atom is 0.309 e. The number of aryl methyl sites for hydroxylation is 1. The predicted octanol–water partition coefficient (Wildman–Crippen LogP) is 3.89. The number of aliphatic hydroxyl groups is 1. The van der Waals surface area contributed by atoms with Crippen LogP contribution in [-0.4, -0.2) is 55.3 Å². The molecule has 188 valence electrons. The van der Waals surface area contributed by atoms with E-state index >= 15 is 0 Å². The van der Waals surface area contributed by atoms with E-state index in [1.165, 1.54) is 0 Å². The average molecular weight is 490 g/mol. The van der Waals surface area contributed by atoms with Crippen molar-refractivity contribution in [2.75, 3.05) is 6.54 Å². The van der Waals surface area contributed by atoms with Crippen molar-refractivity contribution in [3.05, 3.63) is 77.6 Å². The Morgan fingerprint density at radius 3 is 2.17 bits per heavy atom. The van der Waals surface area contributed by atoms with Crippen molar-refractivity contribution < 1.29 is 24.6 Å². The number of rotatable bonds is 11. The van der Waals surface area contributed by atoms with E-state index < -0.39 is 29.8 Å². The van der Waals surface area contributed by atoms with Crippen molar-refractivity contribution in [1.29, 1.82) is 0 Å². The molecule has 8 nitrogen and oxygen atoms in total. The lowest BCUT2D eigenvalue weighted by molar-refractivity contribution is -0.146. The van der Waals surface area contributed by atoms with Crippen molar-refractivity contribution in [1.82, 2.24) is 14.7 Å². The normalized spacial score (nSPS) is 14.8. The highest BCUT2D eigenvalue weighted by molar-refractivity contribution is 6.21. The number of carboxylic acid groups (broad SMARTS) is 1. The third kappa shape index (κ3) is 5.54. The first-order valence-corrected chi connectivity index (χ1v) is 12.2. The van der Waals surface area contributed by atoms with Crippen molar-refractivity contribution in [3.63, 3.8) is 0 Å². The van der Waals surface area contributed by atoms with E-state index in [0.717, 1.165) is 28.1 Å². The molecule has 2 amide bonds. The zero-order valence-electron chi connectivity index (χ0n) is 20.5. The Kier molecular flexibility index (Phi) is 7.64. The molecule has 36 heavy (non-hydrogen) atoms. The van der Waals surface area contributed by atoms with Gasteiger partial charge in [-0.1, -0.05) is 50.2 Å². The number of benzene rings is 2. The number of nitrogens with zero attached hydrogens (tertiary/aromatic N) is 3. The first-order chi connectivity index (χ1) is 17.2. The number of imide groups is 1. The van der Waals surface area contributed by atoms with E-state index in [9.17, 15) is 24.6 Å². The fourth-order valence-corrected chi connectivity index (χ4v) is 4.56. The Morgan fingerprint density at radius 2 is 1.58 bits per heavy atom. The molecule has 2 aromatic carbocycles. The minimum absolute atomic E-state index is 0.0126. The molecule has 0 saturated carbocycles. The highest BCUT2D eigenvalue weighted by Crippen LogP contribution is 2.25. The number of carboxylic acids is 1. The minimum Gasteiger partial charge on any atom is -0.481 e. The van der Waals surface area contributed by atoms with Gasteiger partial charge in [0.1, 0.15) is 0 Å². The number of carbonyl (C=O) groups is 3. The maximum absolute atomic E-state index is 12.5. The number of fused-ring (bicyclic) bond motifs is 1. The molecule has 0 fully saturated rings. The number of amides is 2. The summed E-state index contributed by atoms with van der Waals surface area (Å²) >= 11 is 0. The fraction of sp³-hybridized carbons (Fsp3) is 0.357. The van der Waals surface area contributed by atoms with Crippen LogP contribution >= 0.6 is 0 Å². The van der Waals surface area contributed by atoms with Crippen molar-refractivity contribution in [3.8, 4) is 11.1 Å². The van der Waals surface area contributed by atoms with Crippen LogP contribution < -0.4 is 0 Å². The molecule has 3 aromatic rings. The summed E-state index contributed by atoms with van der Waals surface area (Å²) < 4.78 is 1.93. The molecule has 0 bridgehead atoms. The van der Waals surface area contributed by atoms with Gasteiger partial charge in [0.05, 0.1) is 29.3 Å². The van der Waals surface area contributed by atoms with E-state index in [4.69, 9.17) is 0 Å². The van der Waals surface area contributed by atoms with Gasteiger partial charge < -0.3 is 10.2 Å². The molecule has 0 saturated heterocycles. The van der Waals surface area contributed by atoms with Gasteiger partial charge in [-0.3, -0.25) is 24.0 Å². The molecule has 1 aliphatic rings. The smallest absolute Gasteiger partial charge is 0.309 e. The summed E-state index contributed by atoms with van der Waals surface area (Å²) in [7, 11) is 0. The van der Waals surface area contributed by atoms with Crippen LogP contribution in [0.15, 0.2) is 60.9 Å². The lowest BCUT2D eigenvalue weighted by Gasteiger charge is -2.22. The third-order valence-corrected chi connectivity index (χ3v) is 6.53. The standard InChI is InChI=1S/C28H31N3O5/c1-18(2)16-30-17-21(15-29-30)20-10-7-19(8-11-20)9-12-25(32)24(28(35)36)13-14-31-26(33)22-5-3-4-6-23(22)27(31)34/h3-8,10-11,15,17-18,24-25,32H,9,12-14,16H2,1-2H3,(H,35,36)/t24-,25-/m1/s1. The van der Waals surface area contributed by atoms with Crippen LogP contribution in [0.5, 0.6) is 0 Å². The second-order valence-electron chi connectivity index (χ2n) is 9.69. The Labute approximate surface area is 210 Å². The van der Waals surface area contributed by atoms with Crippen LogP contribution in [0, 0.1) is 11.8 Å². The largest absolute Gasteiger partial charge is 0.481 e. The molecule has 0 aliphatic carbocycles. The molecule has 1 aromatic heterocycles. The van der Waals surface area contributed by atoms with Gasteiger partial charge in [0.2, 0.25) is 0 Å². The Hall–Kier alpha value is -3.78. The number of carbonyl (C=O) groups excluding carboxylic acids is 2. The number of aliphatic carboxylic acids is 1. The molecule has 2 atom stereocenters. The maximum atomic E-state index is 12.5. The van der Waals surface area contributed by atoms with Crippen molar-refractivity contribution >= 4 is 17.8 Å². The molecule has 0 radical (unpaired) electrons. The molecular weight excluding hydrogens is 458 g/mol. The van der Waals surface area contributed by atoms with E-state index in [2.05, 4.69) is 18.9 Å². The summed E-state index contributed by atoms with van der Waals surface area (Å²) in [6.45, 7) is 5.08. The van der Waals surface area contributed by atoms with Gasteiger partial charge in [-0.15, -0.1) is 0 Å². The zero-order chi connectivity index (χ0) is 25.8. The zero-order valence-corrected chi connectivity index (χ0v) is 20.5. The monoisotopic (exact) mass is 489 g/mol. The molecule has 2 N–H and O–H groups in total. The SMILES string of the molecule is CC(C)Cn1cc(-c2ccc(CC[C@@H](O)[C@@H](CCN3C(=O)c4ccccc4C3=O)C(=O)O)cc2)cn1. The molecule has 4 rings (SSSR count). The van der Waals surface area contributed by atoms with Gasteiger partial charge in [-0.05, 0) is 48.4 Å². The topological polar surface area (TPSA) is 113 Å². The highest BCUT2D eigenvalue weighted by atomic mass is 16.4. The minimum atomic E-state index is -1.15. The van der Waals surface area contributed by atoms with Gasteiger partial charge in [0.25, 0.3) is 11.8 Å². The number of hydrogen-bond donors (Lipinski definition) is 2. The van der Waals surface area contributed by atoms with Gasteiger partial charge >= 0.3 is 5.97 Å². The van der Waals surface area contributed by atoms with Gasteiger partial charge in [0, 0.05) is 24.8 Å². The van der Waals surface area contributed by atoms with Gasteiger partial charge in [0.15, 0.2) is 0 Å². The molecule has 0 unspecified atom stereocenters. The summed E-state index contributed by atoms with van der Waals surface area (Å²) in [5.74, 6) is -2.57. The predicted molar refractivity (Wildman–Crippen MR) is 134 cm³/mol. The Morgan fingerprint density at radius 1 is 0.944 bits per heavy atom. The Bertz CT molecular complexity index is 1210. The summed E-state index contributed by atoms with van der Waals surface area (Å²) in [4.78, 5) is 38.0. The first-order valence-electron chi connectivity index (χ1n) is 12.2. The van der Waals surface area contributed by atoms with Crippen LogP contribution in [0.1, 0.15) is 53.0 Å². The van der Waals surface area contributed by atoms with Crippen LogP contribution in [0.25, 0.3) is 11.1 Å². The number of aliphatic hydroxyl groups excluding tert-OH is 1. The Balaban J connectivity index is 1.32. The van der Waals surface area contributed by atoms with Crippen molar-refractivity contribution in [2.45, 2.75) is 45.8 Å².